The van der Waals surface area contributed by atoms with Crippen molar-refractivity contribution in [3.63, 3.8) is 0 Å². The van der Waals surface area contributed by atoms with Crippen molar-refractivity contribution in [3.05, 3.63) is 0 Å². The van der Waals surface area contributed by atoms with Gasteiger partial charge in [0.2, 0.25) is 0 Å². The highest BCUT2D eigenvalue weighted by Gasteiger charge is 2.04. The summed E-state index contributed by atoms with van der Waals surface area (Å²) in [4.78, 5) is 0. The molecule has 1 atom stereocenters. The molecular formula is C10H23NO2. The van der Waals surface area contributed by atoms with Crippen molar-refractivity contribution in [2.45, 2.75) is 32.8 Å². The Balaban J connectivity index is 3.25. The van der Waals surface area contributed by atoms with Crippen LogP contribution in [0.3, 0.4) is 0 Å². The molecule has 0 aromatic rings. The van der Waals surface area contributed by atoms with Crippen LogP contribution in [0.2, 0.25) is 0 Å². The van der Waals surface area contributed by atoms with Gasteiger partial charge in [0.15, 0.2) is 0 Å². The lowest BCUT2D eigenvalue weighted by molar-refractivity contribution is 0.0379. The van der Waals surface area contributed by atoms with Gasteiger partial charge in [-0.2, -0.15) is 0 Å². The Kier molecular flexibility index (Phi) is 9.87. The largest absolute Gasteiger partial charge is 0.385 e. The van der Waals surface area contributed by atoms with Crippen LogP contribution in [0.25, 0.3) is 0 Å². The van der Waals surface area contributed by atoms with E-state index < -0.39 is 0 Å². The Labute approximate surface area is 81.8 Å². The number of likely N-dealkylation sites (N-methyl/N-ethyl adjacent to an activating group) is 1. The van der Waals surface area contributed by atoms with E-state index in [2.05, 4.69) is 19.2 Å². The lowest BCUT2D eigenvalue weighted by Crippen LogP contribution is -2.28. The molecule has 3 heteroatoms. The SMILES string of the molecule is CCNCC(CC)OCCCOC. The summed E-state index contributed by atoms with van der Waals surface area (Å²) < 4.78 is 10.6. The monoisotopic (exact) mass is 189 g/mol. The van der Waals surface area contributed by atoms with E-state index in [0.29, 0.717) is 6.10 Å². The fraction of sp³-hybridized carbons (Fsp3) is 1.00. The van der Waals surface area contributed by atoms with Crippen molar-refractivity contribution in [2.24, 2.45) is 0 Å². The van der Waals surface area contributed by atoms with Crippen molar-refractivity contribution in [2.75, 3.05) is 33.4 Å². The highest BCUT2D eigenvalue weighted by Crippen LogP contribution is 1.97. The molecule has 0 aromatic heterocycles. The van der Waals surface area contributed by atoms with Gasteiger partial charge in [-0.3, -0.25) is 0 Å². The first-order valence-corrected chi connectivity index (χ1v) is 5.16. The second-order valence-electron chi connectivity index (χ2n) is 3.06. The molecule has 0 heterocycles. The quantitative estimate of drug-likeness (QED) is 0.557. The lowest BCUT2D eigenvalue weighted by Gasteiger charge is -2.16. The second-order valence-corrected chi connectivity index (χ2v) is 3.06. The van der Waals surface area contributed by atoms with Crippen LogP contribution in [-0.2, 0) is 9.47 Å². The zero-order valence-electron chi connectivity index (χ0n) is 9.14. The van der Waals surface area contributed by atoms with Crippen LogP contribution in [0.4, 0.5) is 0 Å². The van der Waals surface area contributed by atoms with Gasteiger partial charge < -0.3 is 14.8 Å². The van der Waals surface area contributed by atoms with E-state index in [1.54, 1.807) is 7.11 Å². The molecule has 80 valence electrons. The number of hydrogen-bond acceptors (Lipinski definition) is 3. The van der Waals surface area contributed by atoms with Crippen LogP contribution in [-0.4, -0.2) is 39.5 Å². The number of nitrogens with one attached hydrogen (secondary N) is 1. The van der Waals surface area contributed by atoms with Gasteiger partial charge in [0.25, 0.3) is 0 Å². The highest BCUT2D eigenvalue weighted by atomic mass is 16.5. The number of rotatable bonds is 9. The molecular weight excluding hydrogens is 166 g/mol. The summed E-state index contributed by atoms with van der Waals surface area (Å²) in [7, 11) is 1.72. The van der Waals surface area contributed by atoms with Gasteiger partial charge in [-0.15, -0.1) is 0 Å². The zero-order chi connectivity index (χ0) is 9.94. The zero-order valence-corrected chi connectivity index (χ0v) is 9.14. The molecule has 0 amide bonds. The van der Waals surface area contributed by atoms with E-state index in [0.717, 1.165) is 39.1 Å². The molecule has 0 aliphatic carbocycles. The third-order valence-corrected chi connectivity index (χ3v) is 1.92. The molecule has 0 rings (SSSR count). The average Bonchev–Trinajstić information content (AvgIpc) is 2.17. The maximum absolute atomic E-state index is 5.65. The minimum Gasteiger partial charge on any atom is -0.385 e. The molecule has 0 fully saturated rings. The smallest absolute Gasteiger partial charge is 0.0696 e. The maximum Gasteiger partial charge on any atom is 0.0696 e. The maximum atomic E-state index is 5.65. The fourth-order valence-electron chi connectivity index (χ4n) is 1.08. The van der Waals surface area contributed by atoms with Crippen molar-refractivity contribution in [3.8, 4) is 0 Å². The lowest BCUT2D eigenvalue weighted by atomic mass is 10.3. The summed E-state index contributed by atoms with van der Waals surface area (Å²) in [6, 6.07) is 0. The Bertz CT molecular complexity index is 98.9. The predicted octanol–water partition coefficient (Wildman–Crippen LogP) is 1.43. The number of ether oxygens (including phenoxy) is 2. The van der Waals surface area contributed by atoms with E-state index in [-0.39, 0.29) is 0 Å². The third kappa shape index (κ3) is 8.22. The van der Waals surface area contributed by atoms with Crippen molar-refractivity contribution in [1.29, 1.82) is 0 Å². The summed E-state index contributed by atoms with van der Waals surface area (Å²) >= 11 is 0. The Morgan fingerprint density at radius 2 is 2.00 bits per heavy atom. The van der Waals surface area contributed by atoms with Crippen LogP contribution in [0.5, 0.6) is 0 Å². The number of methoxy groups -OCH3 is 1. The van der Waals surface area contributed by atoms with Crippen molar-refractivity contribution in [1.82, 2.24) is 5.32 Å². The van der Waals surface area contributed by atoms with Crippen molar-refractivity contribution >= 4 is 0 Å². The second kappa shape index (κ2) is 9.96. The molecule has 3 nitrogen and oxygen atoms in total. The molecule has 1 N–H and O–H groups in total. The molecule has 0 aliphatic rings. The van der Waals surface area contributed by atoms with Gasteiger partial charge in [-0.1, -0.05) is 13.8 Å². The topological polar surface area (TPSA) is 30.5 Å². The fourth-order valence-corrected chi connectivity index (χ4v) is 1.08. The summed E-state index contributed by atoms with van der Waals surface area (Å²) in [5, 5.41) is 3.28. The molecule has 0 saturated heterocycles. The van der Waals surface area contributed by atoms with Crippen LogP contribution in [0, 0.1) is 0 Å². The van der Waals surface area contributed by atoms with Gasteiger partial charge in [0, 0.05) is 26.9 Å². The van der Waals surface area contributed by atoms with E-state index in [1.807, 2.05) is 0 Å². The molecule has 0 radical (unpaired) electrons. The first kappa shape index (κ1) is 12.9. The molecule has 0 aromatic carbocycles. The normalized spacial score (nSPS) is 13.2. The summed E-state index contributed by atoms with van der Waals surface area (Å²) in [6.45, 7) is 7.82. The van der Waals surface area contributed by atoms with Crippen LogP contribution < -0.4 is 5.32 Å². The van der Waals surface area contributed by atoms with E-state index >= 15 is 0 Å². The summed E-state index contributed by atoms with van der Waals surface area (Å²) in [5.74, 6) is 0. The molecule has 0 spiro atoms. The summed E-state index contributed by atoms with van der Waals surface area (Å²) in [6.07, 6.45) is 2.41. The van der Waals surface area contributed by atoms with Gasteiger partial charge in [-0.05, 0) is 19.4 Å². The Morgan fingerprint density at radius 3 is 2.54 bits per heavy atom. The van der Waals surface area contributed by atoms with Gasteiger partial charge >= 0.3 is 0 Å². The van der Waals surface area contributed by atoms with Crippen LogP contribution >= 0.6 is 0 Å². The minimum absolute atomic E-state index is 0.358. The first-order valence-electron chi connectivity index (χ1n) is 5.16. The molecule has 13 heavy (non-hydrogen) atoms. The predicted molar refractivity (Wildman–Crippen MR) is 55.1 cm³/mol. The van der Waals surface area contributed by atoms with Gasteiger partial charge in [0.1, 0.15) is 0 Å². The van der Waals surface area contributed by atoms with Crippen LogP contribution in [0.1, 0.15) is 26.7 Å². The van der Waals surface area contributed by atoms with E-state index in [4.69, 9.17) is 9.47 Å². The molecule has 0 bridgehead atoms. The molecule has 0 saturated carbocycles. The minimum atomic E-state index is 0.358. The van der Waals surface area contributed by atoms with E-state index in [9.17, 15) is 0 Å². The number of hydrogen-bond donors (Lipinski definition) is 1. The van der Waals surface area contributed by atoms with Crippen LogP contribution in [0.15, 0.2) is 0 Å². The van der Waals surface area contributed by atoms with Gasteiger partial charge in [0.05, 0.1) is 6.10 Å². The molecule has 1 unspecified atom stereocenters. The average molecular weight is 189 g/mol. The molecule has 0 aliphatic heterocycles. The van der Waals surface area contributed by atoms with Gasteiger partial charge in [-0.25, -0.2) is 0 Å². The van der Waals surface area contributed by atoms with Crippen molar-refractivity contribution < 1.29 is 9.47 Å². The Hall–Kier alpha value is -0.120. The standard InChI is InChI=1S/C10H23NO2/c1-4-10(9-11-5-2)13-8-6-7-12-3/h10-11H,4-9H2,1-3H3. The summed E-state index contributed by atoms with van der Waals surface area (Å²) in [5.41, 5.74) is 0. The van der Waals surface area contributed by atoms with E-state index in [1.165, 1.54) is 0 Å². The first-order chi connectivity index (χ1) is 6.35. The third-order valence-electron chi connectivity index (χ3n) is 1.92. The Morgan fingerprint density at radius 1 is 1.23 bits per heavy atom. The highest BCUT2D eigenvalue weighted by molar-refractivity contribution is 4.58.